The molecule has 5 heteroatoms. The highest BCUT2D eigenvalue weighted by Crippen LogP contribution is 2.18. The minimum Gasteiger partial charge on any atom is -0.307 e. The fraction of sp³-hybridized carbons (Fsp3) is 0.125. The van der Waals surface area contributed by atoms with Crippen molar-refractivity contribution < 1.29 is 4.79 Å². The molecule has 21 heavy (non-hydrogen) atoms. The number of hydrogen-bond acceptors (Lipinski definition) is 2. The Bertz CT molecular complexity index is 674. The Morgan fingerprint density at radius 2 is 2.14 bits per heavy atom. The van der Waals surface area contributed by atoms with Crippen LogP contribution in [-0.2, 0) is 11.3 Å². The molecule has 0 bridgehead atoms. The van der Waals surface area contributed by atoms with E-state index in [0.29, 0.717) is 12.4 Å². The predicted octanol–water partition coefficient (Wildman–Crippen LogP) is 3.76. The summed E-state index contributed by atoms with van der Waals surface area (Å²) in [4.78, 5) is 11.8. The molecule has 0 atom stereocenters. The van der Waals surface area contributed by atoms with Crippen molar-refractivity contribution in [2.24, 2.45) is 0 Å². The van der Waals surface area contributed by atoms with Crippen molar-refractivity contribution in [3.63, 3.8) is 0 Å². The van der Waals surface area contributed by atoms with Gasteiger partial charge in [-0.2, -0.15) is 5.10 Å². The first-order valence-corrected chi connectivity index (χ1v) is 7.35. The lowest BCUT2D eigenvalue weighted by atomic mass is 10.2. The van der Waals surface area contributed by atoms with Gasteiger partial charge in [0.2, 0.25) is 5.91 Å². The zero-order valence-corrected chi connectivity index (χ0v) is 13.2. The largest absolute Gasteiger partial charge is 0.307 e. The predicted molar refractivity (Wildman–Crippen MR) is 88.1 cm³/mol. The van der Waals surface area contributed by atoms with E-state index < -0.39 is 0 Å². The molecule has 1 heterocycles. The summed E-state index contributed by atoms with van der Waals surface area (Å²) in [5.41, 5.74) is 1.10. The van der Waals surface area contributed by atoms with Gasteiger partial charge < -0.3 is 5.32 Å². The second kappa shape index (κ2) is 7.59. The first-order valence-electron chi connectivity index (χ1n) is 6.56. The quantitative estimate of drug-likeness (QED) is 0.662. The summed E-state index contributed by atoms with van der Waals surface area (Å²) >= 11 is 3.51. The molecule has 0 fully saturated rings. The summed E-state index contributed by atoms with van der Waals surface area (Å²) in [6.45, 7) is 2.48. The highest BCUT2D eigenvalue weighted by Gasteiger charge is 2.07. The Labute approximate surface area is 132 Å². The SMILES string of the molecule is C/C=C/C=C/C(=O)Nc1ccnn1Cc1ccccc1Br. The zero-order chi connectivity index (χ0) is 15.1. The summed E-state index contributed by atoms with van der Waals surface area (Å²) < 4.78 is 2.77. The first-order chi connectivity index (χ1) is 10.2. The number of nitrogens with zero attached hydrogens (tertiary/aromatic N) is 2. The molecule has 0 radical (unpaired) electrons. The van der Waals surface area contributed by atoms with E-state index in [4.69, 9.17) is 0 Å². The molecule has 0 aliphatic heterocycles. The third kappa shape index (κ3) is 4.43. The van der Waals surface area contributed by atoms with E-state index in [9.17, 15) is 4.79 Å². The van der Waals surface area contributed by atoms with Gasteiger partial charge in [-0.1, -0.05) is 52.4 Å². The Hall–Kier alpha value is -2.14. The average Bonchev–Trinajstić information content (AvgIpc) is 2.89. The number of nitrogens with one attached hydrogen (secondary N) is 1. The summed E-state index contributed by atoms with van der Waals surface area (Å²) in [6.07, 6.45) is 8.51. The van der Waals surface area contributed by atoms with E-state index in [1.54, 1.807) is 29.1 Å². The van der Waals surface area contributed by atoms with Gasteiger partial charge in [0.25, 0.3) is 0 Å². The molecule has 1 aromatic carbocycles. The first kappa shape index (κ1) is 15.3. The molecule has 2 aromatic rings. The van der Waals surface area contributed by atoms with Crippen LogP contribution in [0, 0.1) is 0 Å². The van der Waals surface area contributed by atoms with Gasteiger partial charge in [-0.05, 0) is 18.6 Å². The van der Waals surface area contributed by atoms with Crippen LogP contribution in [0.1, 0.15) is 12.5 Å². The molecule has 1 aromatic heterocycles. The van der Waals surface area contributed by atoms with Gasteiger partial charge in [-0.25, -0.2) is 4.68 Å². The molecule has 0 saturated heterocycles. The van der Waals surface area contributed by atoms with Crippen LogP contribution in [0.4, 0.5) is 5.82 Å². The van der Waals surface area contributed by atoms with Crippen molar-refractivity contribution >= 4 is 27.7 Å². The molecule has 0 spiro atoms. The molecule has 1 N–H and O–H groups in total. The molecule has 2 rings (SSSR count). The van der Waals surface area contributed by atoms with Crippen molar-refractivity contribution in [2.45, 2.75) is 13.5 Å². The van der Waals surface area contributed by atoms with Crippen LogP contribution < -0.4 is 5.32 Å². The molecule has 0 aliphatic carbocycles. The van der Waals surface area contributed by atoms with Gasteiger partial charge >= 0.3 is 0 Å². The van der Waals surface area contributed by atoms with Crippen molar-refractivity contribution in [3.05, 3.63) is 70.9 Å². The molecule has 0 aliphatic rings. The second-order valence-electron chi connectivity index (χ2n) is 4.34. The van der Waals surface area contributed by atoms with Crippen LogP contribution in [0.25, 0.3) is 0 Å². The maximum absolute atomic E-state index is 11.8. The van der Waals surface area contributed by atoms with Gasteiger partial charge in [0, 0.05) is 16.6 Å². The van der Waals surface area contributed by atoms with Crippen molar-refractivity contribution in [1.29, 1.82) is 0 Å². The lowest BCUT2D eigenvalue weighted by molar-refractivity contribution is -0.111. The van der Waals surface area contributed by atoms with Crippen LogP contribution >= 0.6 is 15.9 Å². The molecule has 0 saturated carbocycles. The lowest BCUT2D eigenvalue weighted by Crippen LogP contribution is -2.13. The molecule has 108 valence electrons. The van der Waals surface area contributed by atoms with Gasteiger partial charge in [0.15, 0.2) is 0 Å². The zero-order valence-electron chi connectivity index (χ0n) is 11.7. The summed E-state index contributed by atoms with van der Waals surface area (Å²) in [5.74, 6) is 0.489. The molecule has 1 amide bonds. The maximum Gasteiger partial charge on any atom is 0.249 e. The van der Waals surface area contributed by atoms with Crippen LogP contribution in [0.5, 0.6) is 0 Å². The summed E-state index contributed by atoms with van der Waals surface area (Å²) in [7, 11) is 0. The number of rotatable bonds is 5. The normalized spacial score (nSPS) is 11.3. The number of hydrogen-bond donors (Lipinski definition) is 1. The van der Waals surface area contributed by atoms with Crippen molar-refractivity contribution in [1.82, 2.24) is 9.78 Å². The Balaban J connectivity index is 2.09. The fourth-order valence-electron chi connectivity index (χ4n) is 1.77. The highest BCUT2D eigenvalue weighted by atomic mass is 79.9. The molecular weight excluding hydrogens is 330 g/mol. The van der Waals surface area contributed by atoms with Crippen LogP contribution in [0.15, 0.2) is 65.3 Å². The third-order valence-corrected chi connectivity index (χ3v) is 3.57. The average molecular weight is 346 g/mol. The molecular formula is C16H16BrN3O. The number of amides is 1. The van der Waals surface area contributed by atoms with Crippen LogP contribution in [0.2, 0.25) is 0 Å². The van der Waals surface area contributed by atoms with E-state index in [2.05, 4.69) is 26.3 Å². The van der Waals surface area contributed by atoms with Gasteiger partial charge in [0.1, 0.15) is 5.82 Å². The van der Waals surface area contributed by atoms with Gasteiger partial charge in [0.05, 0.1) is 12.7 Å². The number of halogens is 1. The Kier molecular flexibility index (Phi) is 5.51. The number of benzene rings is 1. The maximum atomic E-state index is 11.8. The summed E-state index contributed by atoms with van der Waals surface area (Å²) in [6, 6.07) is 9.71. The van der Waals surface area contributed by atoms with E-state index in [1.807, 2.05) is 37.3 Å². The minimum atomic E-state index is -0.179. The fourth-order valence-corrected chi connectivity index (χ4v) is 2.18. The number of carbonyl (C=O) groups excluding carboxylic acids is 1. The number of anilines is 1. The van der Waals surface area contributed by atoms with Crippen LogP contribution in [0.3, 0.4) is 0 Å². The second-order valence-corrected chi connectivity index (χ2v) is 5.19. The minimum absolute atomic E-state index is 0.179. The van der Waals surface area contributed by atoms with E-state index in [-0.39, 0.29) is 5.91 Å². The topological polar surface area (TPSA) is 46.9 Å². The lowest BCUT2D eigenvalue weighted by Gasteiger charge is -2.09. The highest BCUT2D eigenvalue weighted by molar-refractivity contribution is 9.10. The van der Waals surface area contributed by atoms with Crippen LogP contribution in [-0.4, -0.2) is 15.7 Å². The van der Waals surface area contributed by atoms with E-state index >= 15 is 0 Å². The molecule has 4 nitrogen and oxygen atoms in total. The van der Waals surface area contributed by atoms with E-state index in [0.717, 1.165) is 10.0 Å². The van der Waals surface area contributed by atoms with Gasteiger partial charge in [-0.3, -0.25) is 4.79 Å². The Morgan fingerprint density at radius 1 is 1.33 bits per heavy atom. The smallest absolute Gasteiger partial charge is 0.249 e. The number of aromatic nitrogens is 2. The molecule has 0 unspecified atom stereocenters. The van der Waals surface area contributed by atoms with E-state index in [1.165, 1.54) is 6.08 Å². The van der Waals surface area contributed by atoms with Crippen molar-refractivity contribution in [3.8, 4) is 0 Å². The number of allylic oxidation sites excluding steroid dienone is 3. The monoisotopic (exact) mass is 345 g/mol. The number of carbonyl (C=O) groups is 1. The van der Waals surface area contributed by atoms with Gasteiger partial charge in [-0.15, -0.1) is 0 Å². The Morgan fingerprint density at radius 3 is 2.90 bits per heavy atom. The standard InChI is InChI=1S/C16H16BrN3O/c1-2-3-4-9-16(21)19-15-10-11-18-20(15)12-13-7-5-6-8-14(13)17/h2-11H,12H2,1H3,(H,19,21)/b3-2+,9-4+. The summed E-state index contributed by atoms with van der Waals surface area (Å²) in [5, 5.41) is 7.06. The van der Waals surface area contributed by atoms with Crippen molar-refractivity contribution in [2.75, 3.05) is 5.32 Å². The third-order valence-electron chi connectivity index (χ3n) is 2.80.